The fraction of sp³-hybridized carbons (Fsp3) is 1.00. The van der Waals surface area contributed by atoms with Crippen molar-refractivity contribution in [2.45, 2.75) is 65.7 Å². The van der Waals surface area contributed by atoms with Crippen LogP contribution >= 0.6 is 7.26 Å². The second-order valence-electron chi connectivity index (χ2n) is 6.39. The summed E-state index contributed by atoms with van der Waals surface area (Å²) < 4.78 is 31.6. The first-order valence-corrected chi connectivity index (χ1v) is 9.75. The van der Waals surface area contributed by atoms with Crippen LogP contribution in [0.15, 0.2) is 0 Å². The maximum absolute atomic E-state index is 8.74. The van der Waals surface area contributed by atoms with E-state index in [9.17, 15) is 0 Å². The summed E-state index contributed by atoms with van der Waals surface area (Å²) in [7, 11) is -5.49. The van der Waals surface area contributed by atoms with E-state index in [1.807, 2.05) is 0 Å². The van der Waals surface area contributed by atoms with Crippen LogP contribution in [0, 0.1) is 0 Å². The van der Waals surface area contributed by atoms with Gasteiger partial charge >= 0.3 is 10.4 Å². The van der Waals surface area contributed by atoms with Crippen LogP contribution in [0.5, 0.6) is 0 Å². The Bertz CT molecular complexity index is 308. The summed E-state index contributed by atoms with van der Waals surface area (Å²) in [6.07, 6.45) is 2.77. The molecule has 112 valence electrons. The molecule has 18 heavy (non-hydrogen) atoms. The van der Waals surface area contributed by atoms with Crippen molar-refractivity contribution in [3.63, 3.8) is 0 Å². The lowest BCUT2D eigenvalue weighted by atomic mass is 10.2. The van der Waals surface area contributed by atoms with Gasteiger partial charge in [-0.15, -0.1) is 0 Å². The molecule has 6 heteroatoms. The molecule has 0 saturated carbocycles. The summed E-state index contributed by atoms with van der Waals surface area (Å²) in [5, 5.41) is 1.02. The average Bonchev–Trinajstić information content (AvgIpc) is 1.97. The Morgan fingerprint density at radius 3 is 1.00 bits per heavy atom. The molecule has 0 aliphatic heterocycles. The lowest BCUT2D eigenvalue weighted by Crippen LogP contribution is -2.36. The summed E-state index contributed by atoms with van der Waals surface area (Å²) in [4.78, 5) is 0. The highest BCUT2D eigenvalue weighted by atomic mass is 32.3. The van der Waals surface area contributed by atoms with Gasteiger partial charge in [0.2, 0.25) is 0 Å². The molecule has 0 rings (SSSR count). The van der Waals surface area contributed by atoms with E-state index in [-0.39, 0.29) is 0 Å². The second kappa shape index (κ2) is 6.65. The molecule has 0 fully saturated rings. The van der Waals surface area contributed by atoms with E-state index >= 15 is 0 Å². The highest BCUT2D eigenvalue weighted by molar-refractivity contribution is 7.80. The summed E-state index contributed by atoms with van der Waals surface area (Å²) in [6.45, 7) is 19.3. The number of rotatable bonds is 2. The van der Waals surface area contributed by atoms with Gasteiger partial charge in [-0.3, -0.25) is 9.11 Å². The summed E-state index contributed by atoms with van der Waals surface area (Å²) in [5.41, 5.74) is 0. The molecule has 0 bridgehead atoms. The molecule has 0 aliphatic rings. The lowest BCUT2D eigenvalue weighted by Gasteiger charge is -2.46. The van der Waals surface area contributed by atoms with Crippen LogP contribution in [0.25, 0.3) is 0 Å². The molecule has 2 N–H and O–H groups in total. The van der Waals surface area contributed by atoms with Crippen molar-refractivity contribution in [2.75, 3.05) is 12.3 Å². The molecule has 0 atom stereocenters. The minimum absolute atomic E-state index is 0.509. The Balaban J connectivity index is 0. The molecular formula is C12H30O4PS+. The fourth-order valence-corrected chi connectivity index (χ4v) is 9.38. The monoisotopic (exact) mass is 301 g/mol. The Labute approximate surface area is 113 Å². The van der Waals surface area contributed by atoms with E-state index in [0.717, 1.165) is 0 Å². The van der Waals surface area contributed by atoms with Crippen LogP contribution in [0.2, 0.25) is 0 Å². The molecule has 0 spiro atoms. The molecule has 0 unspecified atom stereocenters. The zero-order valence-corrected chi connectivity index (χ0v) is 14.7. The molecule has 4 nitrogen and oxygen atoms in total. The van der Waals surface area contributed by atoms with Crippen LogP contribution < -0.4 is 0 Å². The average molecular weight is 301 g/mol. The molecular weight excluding hydrogens is 271 g/mol. The quantitative estimate of drug-likeness (QED) is 0.597. The van der Waals surface area contributed by atoms with Crippen molar-refractivity contribution in [1.82, 2.24) is 0 Å². The van der Waals surface area contributed by atoms with Gasteiger partial charge in [0.15, 0.2) is 0 Å². The molecule has 0 saturated heterocycles. The third kappa shape index (κ3) is 6.46. The summed E-state index contributed by atoms with van der Waals surface area (Å²) in [5.74, 6) is 0. The SMILES string of the molecule is CC[P+](CC)(C(C)(C)C)C(C)(C)C.O=S(=O)(O)O. The summed E-state index contributed by atoms with van der Waals surface area (Å²) in [6, 6.07) is 0. The van der Waals surface area contributed by atoms with E-state index in [1.165, 1.54) is 12.3 Å². The van der Waals surface area contributed by atoms with Crippen molar-refractivity contribution in [2.24, 2.45) is 0 Å². The Morgan fingerprint density at radius 2 is 1.00 bits per heavy atom. The molecule has 0 aromatic heterocycles. The first kappa shape index (κ1) is 20.6. The maximum atomic E-state index is 8.74. The molecule has 0 amide bonds. The molecule has 0 radical (unpaired) electrons. The highest BCUT2D eigenvalue weighted by Gasteiger charge is 2.54. The van der Waals surface area contributed by atoms with E-state index in [2.05, 4.69) is 55.4 Å². The molecule has 0 aromatic rings. The molecule has 0 aliphatic carbocycles. The predicted molar refractivity (Wildman–Crippen MR) is 81.7 cm³/mol. The Morgan fingerprint density at radius 1 is 0.833 bits per heavy atom. The van der Waals surface area contributed by atoms with E-state index in [0.29, 0.717) is 10.3 Å². The Kier molecular flexibility index (Phi) is 7.61. The van der Waals surface area contributed by atoms with Gasteiger partial charge in [-0.25, -0.2) is 0 Å². The van der Waals surface area contributed by atoms with Crippen molar-refractivity contribution in [3.05, 3.63) is 0 Å². The van der Waals surface area contributed by atoms with Crippen molar-refractivity contribution >= 4 is 17.7 Å². The Hall–Kier alpha value is 0.300. The zero-order chi connectivity index (χ0) is 15.4. The van der Waals surface area contributed by atoms with Gasteiger partial charge in [0, 0.05) is 7.26 Å². The van der Waals surface area contributed by atoms with Gasteiger partial charge in [-0.1, -0.05) is 0 Å². The predicted octanol–water partition coefficient (Wildman–Crippen LogP) is 3.99. The minimum Gasteiger partial charge on any atom is -0.264 e. The highest BCUT2D eigenvalue weighted by Crippen LogP contribution is 2.75. The number of hydrogen-bond acceptors (Lipinski definition) is 2. The van der Waals surface area contributed by atoms with Crippen LogP contribution in [0.4, 0.5) is 0 Å². The number of hydrogen-bond donors (Lipinski definition) is 2. The minimum atomic E-state index is -4.67. The van der Waals surface area contributed by atoms with Crippen LogP contribution in [0.3, 0.4) is 0 Å². The largest absolute Gasteiger partial charge is 0.394 e. The van der Waals surface area contributed by atoms with Gasteiger partial charge in [0.1, 0.15) is 0 Å². The summed E-state index contributed by atoms with van der Waals surface area (Å²) >= 11 is 0. The molecule has 0 heterocycles. The first-order chi connectivity index (χ1) is 7.62. The zero-order valence-electron chi connectivity index (χ0n) is 13.0. The van der Waals surface area contributed by atoms with Crippen molar-refractivity contribution < 1.29 is 17.5 Å². The standard InChI is InChI=1S/C12H28P.H2O4S/c1-9-13(10-2,11(3,4)5)12(6,7)8;1-5(2,3)4/h9-10H2,1-8H3;(H2,1,2,3,4)/q+1;. The van der Waals surface area contributed by atoms with Crippen molar-refractivity contribution in [3.8, 4) is 0 Å². The third-order valence-corrected chi connectivity index (χ3v) is 10.9. The van der Waals surface area contributed by atoms with Gasteiger partial charge in [0.05, 0.1) is 22.6 Å². The van der Waals surface area contributed by atoms with Gasteiger partial charge < -0.3 is 0 Å². The van der Waals surface area contributed by atoms with E-state index in [4.69, 9.17) is 17.5 Å². The molecule has 0 aromatic carbocycles. The van der Waals surface area contributed by atoms with Crippen molar-refractivity contribution in [1.29, 1.82) is 0 Å². The van der Waals surface area contributed by atoms with Crippen LogP contribution in [0.1, 0.15) is 55.4 Å². The lowest BCUT2D eigenvalue weighted by molar-refractivity contribution is 0.381. The normalized spacial score (nSPS) is 13.9. The smallest absolute Gasteiger partial charge is 0.264 e. The second-order valence-corrected chi connectivity index (χ2v) is 13.2. The van der Waals surface area contributed by atoms with Gasteiger partial charge in [-0.2, -0.15) is 8.42 Å². The maximum Gasteiger partial charge on any atom is 0.394 e. The van der Waals surface area contributed by atoms with Gasteiger partial charge in [0.25, 0.3) is 0 Å². The van der Waals surface area contributed by atoms with E-state index < -0.39 is 17.7 Å². The van der Waals surface area contributed by atoms with Crippen LogP contribution in [-0.2, 0) is 10.4 Å². The van der Waals surface area contributed by atoms with Gasteiger partial charge in [-0.05, 0) is 55.4 Å². The topological polar surface area (TPSA) is 74.6 Å². The fourth-order valence-electron chi connectivity index (χ4n) is 3.13. The van der Waals surface area contributed by atoms with E-state index in [1.54, 1.807) is 0 Å². The van der Waals surface area contributed by atoms with Crippen LogP contribution in [-0.4, -0.2) is 40.2 Å². The first-order valence-electron chi connectivity index (χ1n) is 6.19. The third-order valence-electron chi connectivity index (χ3n) is 3.65.